The zero-order chi connectivity index (χ0) is 19.6. The monoisotopic (exact) mass is 384 g/mol. The third kappa shape index (κ3) is 3.95. The minimum Gasteiger partial charge on any atom is -0.545 e. The fourth-order valence-corrected chi connectivity index (χ4v) is 3.34. The average Bonchev–Trinajstić information content (AvgIpc) is 2.91. The molecular weight excluding hydrogens is 370 g/mol. The number of aromatic hydroxyl groups is 1. The van der Waals surface area contributed by atoms with Gasteiger partial charge in [-0.05, 0) is 46.7 Å². The highest BCUT2D eigenvalue weighted by molar-refractivity contribution is 8.18. The van der Waals surface area contributed by atoms with Crippen molar-refractivity contribution < 1.29 is 29.3 Å². The Hall–Kier alpha value is -3.26. The number of carbonyl (C=O) groups excluding carboxylic acids is 3. The number of carboxylic acid groups (broad SMARTS) is 1. The molecule has 0 aliphatic carbocycles. The van der Waals surface area contributed by atoms with Gasteiger partial charge in [-0.1, -0.05) is 30.3 Å². The number of aromatic carboxylic acids is 1. The molecule has 0 bridgehead atoms. The predicted molar refractivity (Wildman–Crippen MR) is 96.9 cm³/mol. The number of nitrogens with zero attached hydrogens (tertiary/aromatic N) is 1. The van der Waals surface area contributed by atoms with Crippen molar-refractivity contribution in [3.63, 3.8) is 0 Å². The van der Waals surface area contributed by atoms with Crippen molar-refractivity contribution in [1.29, 1.82) is 0 Å². The second-order valence-electron chi connectivity index (χ2n) is 5.68. The second-order valence-corrected chi connectivity index (χ2v) is 6.68. The average molecular weight is 384 g/mol. The van der Waals surface area contributed by atoms with E-state index in [1.54, 1.807) is 18.2 Å². The first-order valence-electron chi connectivity index (χ1n) is 7.81. The van der Waals surface area contributed by atoms with Crippen LogP contribution < -0.4 is 9.84 Å². The van der Waals surface area contributed by atoms with Crippen molar-refractivity contribution in [2.24, 2.45) is 0 Å². The number of rotatable bonds is 5. The number of imide groups is 1. The van der Waals surface area contributed by atoms with Crippen molar-refractivity contribution in [3.8, 4) is 11.5 Å². The van der Waals surface area contributed by atoms with Crippen molar-refractivity contribution >= 4 is 35.0 Å². The first kappa shape index (κ1) is 18.5. The van der Waals surface area contributed by atoms with Crippen LogP contribution in [0.4, 0.5) is 4.79 Å². The Bertz CT molecular complexity index is 951. The quantitative estimate of drug-likeness (QED) is 0.786. The highest BCUT2D eigenvalue weighted by atomic mass is 32.2. The Balaban J connectivity index is 1.79. The first-order chi connectivity index (χ1) is 12.9. The predicted octanol–water partition coefficient (Wildman–Crippen LogP) is 2.00. The van der Waals surface area contributed by atoms with Crippen LogP contribution in [0, 0.1) is 0 Å². The van der Waals surface area contributed by atoms with Crippen LogP contribution in [-0.4, -0.2) is 34.2 Å². The Morgan fingerprint density at radius 3 is 2.56 bits per heavy atom. The van der Waals surface area contributed by atoms with Crippen molar-refractivity contribution in [3.05, 3.63) is 64.1 Å². The number of benzene rings is 2. The first-order valence-corrected chi connectivity index (χ1v) is 8.63. The van der Waals surface area contributed by atoms with Gasteiger partial charge in [0, 0.05) is 0 Å². The van der Waals surface area contributed by atoms with Gasteiger partial charge in [-0.2, -0.15) is 0 Å². The zero-order valence-electron chi connectivity index (χ0n) is 14.2. The minimum absolute atomic E-state index is 0.0223. The minimum atomic E-state index is -1.29. The lowest BCUT2D eigenvalue weighted by atomic mass is 10.1. The number of phenols is 1. The van der Waals surface area contributed by atoms with Gasteiger partial charge in [-0.15, -0.1) is 0 Å². The molecular formula is C19H14NO6S-. The van der Waals surface area contributed by atoms with Crippen molar-refractivity contribution in [2.75, 3.05) is 7.11 Å². The number of amides is 2. The molecule has 0 radical (unpaired) electrons. The maximum atomic E-state index is 12.6. The van der Waals surface area contributed by atoms with Crippen LogP contribution in [0.25, 0.3) is 6.08 Å². The van der Waals surface area contributed by atoms with Gasteiger partial charge >= 0.3 is 0 Å². The number of thioether (sulfide) groups is 1. The van der Waals surface area contributed by atoms with E-state index >= 15 is 0 Å². The smallest absolute Gasteiger partial charge is 0.293 e. The maximum Gasteiger partial charge on any atom is 0.293 e. The van der Waals surface area contributed by atoms with E-state index in [0.29, 0.717) is 11.1 Å². The summed E-state index contributed by atoms with van der Waals surface area (Å²) in [4.78, 5) is 36.9. The summed E-state index contributed by atoms with van der Waals surface area (Å²) in [6, 6.07) is 10.4. The molecule has 1 heterocycles. The van der Waals surface area contributed by atoms with Crippen LogP contribution in [0.3, 0.4) is 0 Å². The van der Waals surface area contributed by atoms with E-state index in [4.69, 9.17) is 4.74 Å². The van der Waals surface area contributed by atoms with Crippen LogP contribution in [0.15, 0.2) is 47.4 Å². The van der Waals surface area contributed by atoms with Gasteiger partial charge in [0.25, 0.3) is 11.1 Å². The SMILES string of the molecule is COc1cc(/C=C2/SC(=O)N(Cc3ccc(C(=O)[O-])cc3)C2=O)ccc1O. The molecule has 1 aliphatic rings. The summed E-state index contributed by atoms with van der Waals surface area (Å²) in [7, 11) is 1.42. The highest BCUT2D eigenvalue weighted by Crippen LogP contribution is 2.34. The molecule has 3 rings (SSSR count). The molecule has 0 unspecified atom stereocenters. The fraction of sp³-hybridized carbons (Fsp3) is 0.105. The fourth-order valence-electron chi connectivity index (χ4n) is 2.50. The summed E-state index contributed by atoms with van der Waals surface area (Å²) in [5.74, 6) is -1.50. The van der Waals surface area contributed by atoms with E-state index in [-0.39, 0.29) is 28.5 Å². The number of methoxy groups -OCH3 is 1. The van der Waals surface area contributed by atoms with E-state index in [0.717, 1.165) is 16.7 Å². The van der Waals surface area contributed by atoms with Crippen molar-refractivity contribution in [1.82, 2.24) is 4.90 Å². The van der Waals surface area contributed by atoms with Crippen LogP contribution in [0.5, 0.6) is 11.5 Å². The number of carboxylic acids is 1. The number of hydrogen-bond donors (Lipinski definition) is 1. The summed E-state index contributed by atoms with van der Waals surface area (Å²) in [6.07, 6.45) is 1.55. The van der Waals surface area contributed by atoms with Gasteiger partial charge in [-0.3, -0.25) is 14.5 Å². The van der Waals surface area contributed by atoms with E-state index in [9.17, 15) is 24.6 Å². The van der Waals surface area contributed by atoms with E-state index in [2.05, 4.69) is 0 Å². The van der Waals surface area contributed by atoms with Gasteiger partial charge in [0.05, 0.1) is 24.5 Å². The maximum absolute atomic E-state index is 12.6. The Morgan fingerprint density at radius 1 is 1.22 bits per heavy atom. The molecule has 0 aromatic heterocycles. The molecule has 1 aliphatic heterocycles. The van der Waals surface area contributed by atoms with Gasteiger partial charge in [-0.25, -0.2) is 0 Å². The van der Waals surface area contributed by atoms with E-state index < -0.39 is 17.1 Å². The van der Waals surface area contributed by atoms with Crippen molar-refractivity contribution in [2.45, 2.75) is 6.54 Å². The molecule has 2 aromatic carbocycles. The molecule has 2 aromatic rings. The number of ether oxygens (including phenoxy) is 1. The Labute approximate surface area is 158 Å². The zero-order valence-corrected chi connectivity index (χ0v) is 15.0. The van der Waals surface area contributed by atoms with Crippen LogP contribution in [0.2, 0.25) is 0 Å². The number of phenolic OH excluding ortho intramolecular Hbond substituents is 1. The summed E-state index contributed by atoms with van der Waals surface area (Å²) >= 11 is 0.813. The normalized spacial score (nSPS) is 15.4. The summed E-state index contributed by atoms with van der Waals surface area (Å²) in [5, 5.41) is 20.0. The second kappa shape index (κ2) is 7.55. The summed E-state index contributed by atoms with van der Waals surface area (Å²) < 4.78 is 5.03. The van der Waals surface area contributed by atoms with E-state index in [1.807, 2.05) is 0 Å². The highest BCUT2D eigenvalue weighted by Gasteiger charge is 2.35. The lowest BCUT2D eigenvalue weighted by Crippen LogP contribution is -2.27. The largest absolute Gasteiger partial charge is 0.545 e. The van der Waals surface area contributed by atoms with Gasteiger partial charge in [0.2, 0.25) is 0 Å². The number of carbonyl (C=O) groups is 3. The lowest BCUT2D eigenvalue weighted by molar-refractivity contribution is -0.255. The Kier molecular flexibility index (Phi) is 5.18. The standard InChI is InChI=1S/C19H15NO6S/c1-26-15-8-12(4-7-14(15)21)9-16-17(22)20(19(25)27-16)10-11-2-5-13(6-3-11)18(23)24/h2-9,21H,10H2,1H3,(H,23,24)/p-1/b16-9+. The van der Waals surface area contributed by atoms with Crippen LogP contribution in [0.1, 0.15) is 21.5 Å². The lowest BCUT2D eigenvalue weighted by Gasteiger charge is -2.13. The van der Waals surface area contributed by atoms with Gasteiger partial charge < -0.3 is 19.7 Å². The third-order valence-corrected chi connectivity index (χ3v) is 4.81. The molecule has 1 saturated heterocycles. The topological polar surface area (TPSA) is 107 Å². The van der Waals surface area contributed by atoms with E-state index in [1.165, 1.54) is 37.4 Å². The molecule has 27 heavy (non-hydrogen) atoms. The molecule has 1 N–H and O–H groups in total. The summed E-state index contributed by atoms with van der Waals surface area (Å²) in [6.45, 7) is 0.0359. The molecule has 2 amide bonds. The molecule has 138 valence electrons. The molecule has 0 saturated carbocycles. The number of hydrogen-bond acceptors (Lipinski definition) is 7. The molecule has 8 heteroatoms. The third-order valence-electron chi connectivity index (χ3n) is 3.91. The molecule has 7 nitrogen and oxygen atoms in total. The Morgan fingerprint density at radius 2 is 1.93 bits per heavy atom. The molecule has 1 fully saturated rings. The van der Waals surface area contributed by atoms with Crippen LogP contribution in [-0.2, 0) is 11.3 Å². The van der Waals surface area contributed by atoms with Gasteiger partial charge in [0.15, 0.2) is 11.5 Å². The molecule has 0 spiro atoms. The molecule has 0 atom stereocenters. The van der Waals surface area contributed by atoms with Gasteiger partial charge in [0.1, 0.15) is 0 Å². The summed E-state index contributed by atoms with van der Waals surface area (Å²) in [5.41, 5.74) is 1.25. The van der Waals surface area contributed by atoms with Crippen LogP contribution >= 0.6 is 11.8 Å².